The Balaban J connectivity index is 2.83. The fourth-order valence-corrected chi connectivity index (χ4v) is 4.78. The number of hydrogen-bond donors (Lipinski definition) is 1. The lowest BCUT2D eigenvalue weighted by molar-refractivity contribution is 1.52. The minimum Gasteiger partial charge on any atom is -0.142 e. The normalized spacial score (nSPS) is 12.1. The van der Waals surface area contributed by atoms with Gasteiger partial charge in [-0.05, 0) is 11.3 Å². The van der Waals surface area contributed by atoms with Gasteiger partial charge in [-0.3, -0.25) is 0 Å². The van der Waals surface area contributed by atoms with Gasteiger partial charge in [0.25, 0.3) is 0 Å². The Morgan fingerprint density at radius 3 is 2.00 bits per heavy atom. The van der Waals surface area contributed by atoms with Crippen LogP contribution < -0.4 is 5.19 Å². The Morgan fingerprint density at radius 2 is 1.41 bits per heavy atom. The van der Waals surface area contributed by atoms with Crippen molar-refractivity contribution in [2.45, 2.75) is 24.5 Å². The standard InChI is InChI=1S/C13H14Cl2SSi/c1-17(2,3)11-7-5-8-9(13(11)15)4-6-10(16)12(8)14/h4-7,16H,1-3H3. The van der Waals surface area contributed by atoms with E-state index in [1.165, 1.54) is 5.19 Å². The van der Waals surface area contributed by atoms with Crippen LogP contribution in [0.25, 0.3) is 10.8 Å². The SMILES string of the molecule is C[Si](C)(C)c1ccc2c(Cl)c(S)ccc2c1Cl. The Kier molecular flexibility index (Phi) is 3.52. The summed E-state index contributed by atoms with van der Waals surface area (Å²) in [5.41, 5.74) is 0. The molecular formula is C13H14Cl2SSi. The van der Waals surface area contributed by atoms with E-state index < -0.39 is 8.07 Å². The highest BCUT2D eigenvalue weighted by Crippen LogP contribution is 2.33. The molecule has 0 aliphatic rings. The van der Waals surface area contributed by atoms with Crippen LogP contribution in [0.4, 0.5) is 0 Å². The summed E-state index contributed by atoms with van der Waals surface area (Å²) < 4.78 is 0. The minimum atomic E-state index is -1.42. The van der Waals surface area contributed by atoms with Crippen LogP contribution in [0, 0.1) is 0 Å². The summed E-state index contributed by atoms with van der Waals surface area (Å²) in [5.74, 6) is 0. The molecule has 0 nitrogen and oxygen atoms in total. The predicted octanol–water partition coefficient (Wildman–Crippen LogP) is 4.98. The van der Waals surface area contributed by atoms with E-state index in [-0.39, 0.29) is 0 Å². The lowest BCUT2D eigenvalue weighted by Gasteiger charge is -2.20. The summed E-state index contributed by atoms with van der Waals surface area (Å²) in [5, 5.41) is 4.79. The third-order valence-corrected chi connectivity index (χ3v) is 6.37. The van der Waals surface area contributed by atoms with Crippen molar-refractivity contribution in [1.82, 2.24) is 0 Å². The van der Waals surface area contributed by atoms with E-state index in [0.29, 0.717) is 5.02 Å². The van der Waals surface area contributed by atoms with Gasteiger partial charge in [-0.1, -0.05) is 61.0 Å². The fourth-order valence-electron chi connectivity index (χ4n) is 1.90. The average molecular weight is 301 g/mol. The molecule has 0 saturated heterocycles. The van der Waals surface area contributed by atoms with E-state index in [0.717, 1.165) is 20.7 Å². The van der Waals surface area contributed by atoms with E-state index in [4.69, 9.17) is 23.2 Å². The maximum Gasteiger partial charge on any atom is 0.0795 e. The van der Waals surface area contributed by atoms with Crippen molar-refractivity contribution in [2.75, 3.05) is 0 Å². The maximum atomic E-state index is 6.50. The molecule has 90 valence electrons. The van der Waals surface area contributed by atoms with E-state index >= 15 is 0 Å². The summed E-state index contributed by atoms with van der Waals surface area (Å²) in [6.45, 7) is 6.86. The molecule has 0 radical (unpaired) electrons. The van der Waals surface area contributed by atoms with Crippen molar-refractivity contribution in [3.05, 3.63) is 34.3 Å². The Hall–Kier alpha value is -0.153. The molecule has 0 aliphatic heterocycles. The monoisotopic (exact) mass is 300 g/mol. The summed E-state index contributed by atoms with van der Waals surface area (Å²) in [6, 6.07) is 8.05. The number of rotatable bonds is 1. The van der Waals surface area contributed by atoms with Crippen LogP contribution in [0.1, 0.15) is 0 Å². The number of benzene rings is 2. The van der Waals surface area contributed by atoms with Crippen LogP contribution >= 0.6 is 35.8 Å². The Labute approximate surface area is 118 Å². The second kappa shape index (κ2) is 4.50. The molecule has 0 saturated carbocycles. The van der Waals surface area contributed by atoms with Gasteiger partial charge < -0.3 is 0 Å². The van der Waals surface area contributed by atoms with Crippen LogP contribution in [-0.4, -0.2) is 8.07 Å². The zero-order valence-electron chi connectivity index (χ0n) is 10.0. The molecular weight excluding hydrogens is 287 g/mol. The van der Waals surface area contributed by atoms with Crippen LogP contribution in [0.5, 0.6) is 0 Å². The molecule has 0 aliphatic carbocycles. The molecule has 2 rings (SSSR count). The lowest BCUT2D eigenvalue weighted by atomic mass is 10.1. The lowest BCUT2D eigenvalue weighted by Crippen LogP contribution is -2.38. The third kappa shape index (κ3) is 2.36. The van der Waals surface area contributed by atoms with Crippen molar-refractivity contribution in [3.63, 3.8) is 0 Å². The minimum absolute atomic E-state index is 0.676. The first-order chi connectivity index (χ1) is 7.82. The molecule has 4 heteroatoms. The molecule has 0 aromatic heterocycles. The second-order valence-electron chi connectivity index (χ2n) is 5.17. The number of thiol groups is 1. The van der Waals surface area contributed by atoms with Gasteiger partial charge in [0.05, 0.1) is 13.1 Å². The molecule has 0 atom stereocenters. The summed E-state index contributed by atoms with van der Waals surface area (Å²) in [7, 11) is -1.42. The van der Waals surface area contributed by atoms with Crippen molar-refractivity contribution >= 4 is 59.9 Å². The molecule has 2 aromatic carbocycles. The molecule has 0 amide bonds. The van der Waals surface area contributed by atoms with Crippen LogP contribution in [-0.2, 0) is 0 Å². The van der Waals surface area contributed by atoms with Gasteiger partial charge in [-0.15, -0.1) is 12.6 Å². The quantitative estimate of drug-likeness (QED) is 0.557. The molecule has 17 heavy (non-hydrogen) atoms. The van der Waals surface area contributed by atoms with Crippen molar-refractivity contribution in [1.29, 1.82) is 0 Å². The van der Waals surface area contributed by atoms with Gasteiger partial charge in [0.1, 0.15) is 0 Å². The van der Waals surface area contributed by atoms with Gasteiger partial charge in [0.2, 0.25) is 0 Å². The van der Waals surface area contributed by atoms with Gasteiger partial charge in [-0.25, -0.2) is 0 Å². The largest absolute Gasteiger partial charge is 0.142 e. The van der Waals surface area contributed by atoms with E-state index in [9.17, 15) is 0 Å². The highest BCUT2D eigenvalue weighted by molar-refractivity contribution is 7.80. The maximum absolute atomic E-state index is 6.50. The Morgan fingerprint density at radius 1 is 0.882 bits per heavy atom. The number of hydrogen-bond acceptors (Lipinski definition) is 1. The van der Waals surface area contributed by atoms with Crippen LogP contribution in [0.2, 0.25) is 29.7 Å². The molecule has 0 unspecified atom stereocenters. The zero-order valence-corrected chi connectivity index (χ0v) is 13.4. The van der Waals surface area contributed by atoms with Gasteiger partial charge >= 0.3 is 0 Å². The second-order valence-corrected chi connectivity index (χ2v) is 11.4. The first-order valence-electron chi connectivity index (χ1n) is 5.42. The van der Waals surface area contributed by atoms with Crippen molar-refractivity contribution in [3.8, 4) is 0 Å². The average Bonchev–Trinajstić information content (AvgIpc) is 2.22. The summed E-state index contributed by atoms with van der Waals surface area (Å²) in [4.78, 5) is 0.788. The van der Waals surface area contributed by atoms with E-state index in [1.54, 1.807) is 0 Å². The highest BCUT2D eigenvalue weighted by atomic mass is 35.5. The van der Waals surface area contributed by atoms with Gasteiger partial charge in [0.15, 0.2) is 0 Å². The molecule has 2 aromatic rings. The number of fused-ring (bicyclic) bond motifs is 1. The molecule has 0 bridgehead atoms. The van der Waals surface area contributed by atoms with Crippen molar-refractivity contribution < 1.29 is 0 Å². The summed E-state index contributed by atoms with van der Waals surface area (Å²) in [6.07, 6.45) is 0. The van der Waals surface area contributed by atoms with E-state index in [2.05, 4.69) is 44.4 Å². The van der Waals surface area contributed by atoms with Gasteiger partial charge in [0, 0.05) is 20.7 Å². The van der Waals surface area contributed by atoms with Crippen molar-refractivity contribution in [2.24, 2.45) is 0 Å². The fraction of sp³-hybridized carbons (Fsp3) is 0.231. The van der Waals surface area contributed by atoms with Crippen LogP contribution in [0.15, 0.2) is 29.2 Å². The zero-order chi connectivity index (χ0) is 12.8. The molecule has 0 fully saturated rings. The first kappa shape index (κ1) is 13.3. The topological polar surface area (TPSA) is 0 Å². The first-order valence-corrected chi connectivity index (χ1v) is 10.1. The number of halogens is 2. The van der Waals surface area contributed by atoms with E-state index in [1.807, 2.05) is 12.1 Å². The highest BCUT2D eigenvalue weighted by Gasteiger charge is 2.21. The van der Waals surface area contributed by atoms with Gasteiger partial charge in [-0.2, -0.15) is 0 Å². The molecule has 0 heterocycles. The molecule has 0 spiro atoms. The Bertz CT molecular complexity index is 588. The summed E-state index contributed by atoms with van der Waals surface area (Å²) >= 11 is 17.1. The molecule has 0 N–H and O–H groups in total. The third-order valence-electron chi connectivity index (χ3n) is 2.86. The smallest absolute Gasteiger partial charge is 0.0795 e. The van der Waals surface area contributed by atoms with Crippen LogP contribution in [0.3, 0.4) is 0 Å². The predicted molar refractivity (Wildman–Crippen MR) is 84.2 cm³/mol.